The smallest absolute Gasteiger partial charge is 0.341 e. The van der Waals surface area contributed by atoms with E-state index < -0.39 is 11.4 Å². The monoisotopic (exact) mass is 354 g/mol. The van der Waals surface area contributed by atoms with Crippen LogP contribution in [0.1, 0.15) is 10.4 Å². The van der Waals surface area contributed by atoms with Gasteiger partial charge in [0.1, 0.15) is 11.4 Å². The number of aromatic nitrogens is 2. The molecule has 3 rings (SSSR count). The van der Waals surface area contributed by atoms with E-state index in [2.05, 4.69) is 20.6 Å². The van der Waals surface area contributed by atoms with Crippen molar-refractivity contribution in [3.63, 3.8) is 0 Å². The van der Waals surface area contributed by atoms with Gasteiger partial charge < -0.3 is 25.5 Å². The Balaban J connectivity index is 1.79. The van der Waals surface area contributed by atoms with Crippen LogP contribution in [0.15, 0.2) is 47.5 Å². The largest absolute Gasteiger partial charge is 0.492 e. The summed E-state index contributed by atoms with van der Waals surface area (Å²) in [6.07, 6.45) is 2.89. The summed E-state index contributed by atoms with van der Waals surface area (Å²) in [5.41, 5.74) is 0.291. The summed E-state index contributed by atoms with van der Waals surface area (Å²) in [5.74, 6) is -0.0328. The third-order valence-electron chi connectivity index (χ3n) is 3.85. The van der Waals surface area contributed by atoms with E-state index in [0.717, 1.165) is 5.82 Å². The molecule has 0 radical (unpaired) electrons. The lowest BCUT2D eigenvalue weighted by atomic mass is 10.1. The molecular weight excluding hydrogens is 336 g/mol. The number of anilines is 2. The van der Waals surface area contributed by atoms with Crippen molar-refractivity contribution in [1.29, 1.82) is 0 Å². The Morgan fingerprint density at radius 1 is 1.23 bits per heavy atom. The summed E-state index contributed by atoms with van der Waals surface area (Å²) >= 11 is 0. The number of nitrogens with one attached hydrogen (secondary N) is 3. The van der Waals surface area contributed by atoms with Gasteiger partial charge in [0.15, 0.2) is 5.75 Å². The normalized spacial score (nSPS) is 10.5. The van der Waals surface area contributed by atoms with Crippen LogP contribution in [0.2, 0.25) is 0 Å². The topological polar surface area (TPSA) is 116 Å². The Bertz CT molecular complexity index is 986. The van der Waals surface area contributed by atoms with E-state index in [0.29, 0.717) is 30.0 Å². The van der Waals surface area contributed by atoms with Gasteiger partial charge >= 0.3 is 5.97 Å². The van der Waals surface area contributed by atoms with E-state index >= 15 is 0 Å². The molecule has 0 aliphatic heterocycles. The Kier molecular flexibility index (Phi) is 5.02. The van der Waals surface area contributed by atoms with Crippen molar-refractivity contribution in [2.45, 2.75) is 0 Å². The zero-order valence-corrected chi connectivity index (χ0v) is 14.1. The number of rotatable bonds is 7. The molecule has 0 saturated heterocycles. The van der Waals surface area contributed by atoms with Crippen molar-refractivity contribution in [3.8, 4) is 5.75 Å². The maximum absolute atomic E-state index is 12.3. The molecule has 26 heavy (non-hydrogen) atoms. The van der Waals surface area contributed by atoms with E-state index in [-0.39, 0.29) is 10.9 Å². The number of carbonyl (C=O) groups is 1. The Labute approximate surface area is 148 Å². The Morgan fingerprint density at radius 2 is 2.04 bits per heavy atom. The molecule has 1 aromatic carbocycles. The number of benzene rings is 1. The number of nitrogens with zero attached hydrogens (tertiary/aromatic N) is 1. The summed E-state index contributed by atoms with van der Waals surface area (Å²) < 4.78 is 5.42. The quantitative estimate of drug-likeness (QED) is 0.480. The van der Waals surface area contributed by atoms with Gasteiger partial charge in [-0.2, -0.15) is 0 Å². The van der Waals surface area contributed by atoms with Crippen LogP contribution in [-0.2, 0) is 0 Å². The first-order valence-corrected chi connectivity index (χ1v) is 7.96. The van der Waals surface area contributed by atoms with Gasteiger partial charge in [-0.25, -0.2) is 9.78 Å². The minimum absolute atomic E-state index is 0.263. The lowest BCUT2D eigenvalue weighted by molar-refractivity contribution is 0.0695. The molecule has 0 atom stereocenters. The SMILES string of the molecule is COc1c(NCCNc2ccccn2)ccc2c(=O)c(C(=O)O)c[nH]c12. The molecule has 2 heterocycles. The molecule has 0 bridgehead atoms. The average Bonchev–Trinajstić information content (AvgIpc) is 2.65. The molecule has 0 aliphatic rings. The molecule has 0 fully saturated rings. The van der Waals surface area contributed by atoms with Crippen molar-refractivity contribution < 1.29 is 14.6 Å². The Hall–Kier alpha value is -3.55. The molecule has 0 aliphatic carbocycles. The van der Waals surface area contributed by atoms with Gasteiger partial charge in [0.25, 0.3) is 0 Å². The van der Waals surface area contributed by atoms with Crippen LogP contribution in [0, 0.1) is 0 Å². The first-order valence-electron chi connectivity index (χ1n) is 7.96. The highest BCUT2D eigenvalue weighted by atomic mass is 16.5. The van der Waals surface area contributed by atoms with Crippen LogP contribution < -0.4 is 20.8 Å². The lowest BCUT2D eigenvalue weighted by Crippen LogP contribution is -2.17. The van der Waals surface area contributed by atoms with E-state index in [1.807, 2.05) is 18.2 Å². The Morgan fingerprint density at radius 3 is 2.73 bits per heavy atom. The van der Waals surface area contributed by atoms with E-state index in [4.69, 9.17) is 9.84 Å². The number of fused-ring (bicyclic) bond motifs is 1. The summed E-state index contributed by atoms with van der Waals surface area (Å²) in [6, 6.07) is 8.90. The van der Waals surface area contributed by atoms with Crippen molar-refractivity contribution in [3.05, 3.63) is 58.5 Å². The third-order valence-corrected chi connectivity index (χ3v) is 3.85. The van der Waals surface area contributed by atoms with Crippen molar-refractivity contribution in [2.75, 3.05) is 30.8 Å². The summed E-state index contributed by atoms with van der Waals surface area (Å²) in [4.78, 5) is 30.4. The van der Waals surface area contributed by atoms with Crippen LogP contribution in [-0.4, -0.2) is 41.2 Å². The van der Waals surface area contributed by atoms with Gasteiger partial charge in [0.05, 0.1) is 23.7 Å². The zero-order valence-electron chi connectivity index (χ0n) is 14.1. The van der Waals surface area contributed by atoms with Gasteiger partial charge in [-0.3, -0.25) is 4.79 Å². The van der Waals surface area contributed by atoms with Gasteiger partial charge in [-0.1, -0.05) is 6.07 Å². The molecule has 8 nitrogen and oxygen atoms in total. The summed E-state index contributed by atoms with van der Waals surface area (Å²) in [5, 5.41) is 15.7. The number of methoxy groups -OCH3 is 1. The molecule has 0 amide bonds. The summed E-state index contributed by atoms with van der Waals surface area (Å²) in [6.45, 7) is 1.22. The predicted octanol–water partition coefficient (Wildman–Crippen LogP) is 2.15. The highest BCUT2D eigenvalue weighted by Crippen LogP contribution is 2.31. The fraction of sp³-hybridized carbons (Fsp3) is 0.167. The van der Waals surface area contributed by atoms with E-state index in [1.165, 1.54) is 13.3 Å². The number of aromatic carboxylic acids is 1. The molecule has 8 heteroatoms. The minimum Gasteiger partial charge on any atom is -0.492 e. The first-order chi connectivity index (χ1) is 12.6. The highest BCUT2D eigenvalue weighted by molar-refractivity contribution is 5.96. The lowest BCUT2D eigenvalue weighted by Gasteiger charge is -2.14. The molecule has 2 aromatic heterocycles. The van der Waals surface area contributed by atoms with Crippen LogP contribution in [0.4, 0.5) is 11.5 Å². The third kappa shape index (κ3) is 3.44. The number of hydrogen-bond acceptors (Lipinski definition) is 6. The van der Waals surface area contributed by atoms with E-state index in [1.54, 1.807) is 18.3 Å². The fourth-order valence-electron chi connectivity index (χ4n) is 2.64. The van der Waals surface area contributed by atoms with Crippen LogP contribution in [0.3, 0.4) is 0 Å². The second kappa shape index (κ2) is 7.56. The predicted molar refractivity (Wildman–Crippen MR) is 99.3 cm³/mol. The van der Waals surface area contributed by atoms with Gasteiger partial charge in [0, 0.05) is 25.5 Å². The number of carboxylic acids is 1. The highest BCUT2D eigenvalue weighted by Gasteiger charge is 2.15. The number of hydrogen-bond donors (Lipinski definition) is 4. The standard InChI is InChI=1S/C18H18N4O4/c1-26-17-13(19-8-9-21-14-4-2-3-7-20-14)6-5-11-15(17)22-10-12(16(11)23)18(24)25/h2-7,10,19H,8-9H2,1H3,(H,20,21)(H,22,23)(H,24,25). The first kappa shape index (κ1) is 17.3. The van der Waals surface area contributed by atoms with Crippen molar-refractivity contribution >= 4 is 28.4 Å². The molecule has 4 N–H and O–H groups in total. The number of carboxylic acid groups (broad SMARTS) is 1. The van der Waals surface area contributed by atoms with Crippen LogP contribution in [0.5, 0.6) is 5.75 Å². The van der Waals surface area contributed by atoms with Crippen molar-refractivity contribution in [2.24, 2.45) is 0 Å². The van der Waals surface area contributed by atoms with Crippen LogP contribution >= 0.6 is 0 Å². The average molecular weight is 354 g/mol. The second-order valence-corrected chi connectivity index (χ2v) is 5.47. The maximum Gasteiger partial charge on any atom is 0.341 e. The molecule has 0 saturated carbocycles. The van der Waals surface area contributed by atoms with Crippen LogP contribution in [0.25, 0.3) is 10.9 Å². The number of ether oxygens (including phenoxy) is 1. The second-order valence-electron chi connectivity index (χ2n) is 5.47. The van der Waals surface area contributed by atoms with E-state index in [9.17, 15) is 9.59 Å². The molecule has 0 spiro atoms. The van der Waals surface area contributed by atoms with Gasteiger partial charge in [-0.05, 0) is 24.3 Å². The zero-order chi connectivity index (χ0) is 18.5. The van der Waals surface area contributed by atoms with Crippen molar-refractivity contribution in [1.82, 2.24) is 9.97 Å². The van der Waals surface area contributed by atoms with Gasteiger partial charge in [-0.15, -0.1) is 0 Å². The molecule has 134 valence electrons. The fourth-order valence-corrected chi connectivity index (χ4v) is 2.64. The number of aromatic amines is 1. The summed E-state index contributed by atoms with van der Waals surface area (Å²) in [7, 11) is 1.50. The minimum atomic E-state index is -1.27. The number of pyridine rings is 2. The molecule has 0 unspecified atom stereocenters. The number of H-pyrrole nitrogens is 1. The maximum atomic E-state index is 12.3. The van der Waals surface area contributed by atoms with Gasteiger partial charge in [0.2, 0.25) is 5.43 Å². The molecular formula is C18H18N4O4. The molecule has 3 aromatic rings.